The van der Waals surface area contributed by atoms with E-state index in [2.05, 4.69) is 14.9 Å². The molecule has 4 rings (SSSR count). The number of aryl methyl sites for hydroxylation is 2. The van der Waals surface area contributed by atoms with Gasteiger partial charge in [-0.15, -0.1) is 0 Å². The van der Waals surface area contributed by atoms with Gasteiger partial charge in [-0.1, -0.05) is 6.07 Å². The Kier molecular flexibility index (Phi) is 7.28. The van der Waals surface area contributed by atoms with Gasteiger partial charge in [0, 0.05) is 35.7 Å². The maximum atomic E-state index is 13.1. The summed E-state index contributed by atoms with van der Waals surface area (Å²) < 4.78 is 39.0. The van der Waals surface area contributed by atoms with E-state index in [0.29, 0.717) is 41.5 Å². The van der Waals surface area contributed by atoms with Crippen molar-refractivity contribution in [2.24, 2.45) is 0 Å². The fourth-order valence-electron chi connectivity index (χ4n) is 3.88. The van der Waals surface area contributed by atoms with Gasteiger partial charge < -0.3 is 19.7 Å². The molecule has 0 aliphatic carbocycles. The molecule has 0 aromatic heterocycles. The number of hydrogen-bond donors (Lipinski definition) is 2. The van der Waals surface area contributed by atoms with Crippen LogP contribution >= 0.6 is 0 Å². The number of ether oxygens (including phenoxy) is 2. The molecule has 3 aromatic carbocycles. The number of nitrogens with zero attached hydrogens (tertiary/aromatic N) is 1. The van der Waals surface area contributed by atoms with Crippen LogP contribution in [0.25, 0.3) is 0 Å². The van der Waals surface area contributed by atoms with E-state index in [-0.39, 0.29) is 10.8 Å². The van der Waals surface area contributed by atoms with Crippen molar-refractivity contribution in [2.45, 2.75) is 18.7 Å². The number of anilines is 3. The van der Waals surface area contributed by atoms with E-state index in [1.807, 2.05) is 25.1 Å². The summed E-state index contributed by atoms with van der Waals surface area (Å²) >= 11 is 0. The lowest BCUT2D eigenvalue weighted by molar-refractivity contribution is 0.102. The van der Waals surface area contributed by atoms with E-state index in [1.165, 1.54) is 19.2 Å². The summed E-state index contributed by atoms with van der Waals surface area (Å²) in [7, 11) is -2.35. The number of carbonyl (C=O) groups is 1. The first kappa shape index (κ1) is 24.6. The fraction of sp³-hybridized carbons (Fsp3) is 0.269. The van der Waals surface area contributed by atoms with Crippen molar-refractivity contribution in [1.29, 1.82) is 0 Å². The Morgan fingerprint density at radius 2 is 1.66 bits per heavy atom. The molecular formula is C26H29N3O5S. The summed E-state index contributed by atoms with van der Waals surface area (Å²) in [5.74, 6) is 0.252. The Labute approximate surface area is 205 Å². The van der Waals surface area contributed by atoms with Gasteiger partial charge in [0.2, 0.25) is 0 Å². The minimum Gasteiger partial charge on any atom is -0.497 e. The predicted octanol–water partition coefficient (Wildman–Crippen LogP) is 4.20. The molecule has 0 bridgehead atoms. The van der Waals surface area contributed by atoms with Gasteiger partial charge in [-0.3, -0.25) is 9.52 Å². The number of benzene rings is 3. The lowest BCUT2D eigenvalue weighted by Gasteiger charge is -2.29. The number of amides is 1. The molecule has 0 unspecified atom stereocenters. The minimum atomic E-state index is -3.89. The minimum absolute atomic E-state index is 0.00320. The van der Waals surface area contributed by atoms with Crippen molar-refractivity contribution < 1.29 is 22.7 Å². The molecule has 0 radical (unpaired) electrons. The van der Waals surface area contributed by atoms with Crippen molar-refractivity contribution >= 4 is 33.0 Å². The van der Waals surface area contributed by atoms with Gasteiger partial charge in [-0.2, -0.15) is 0 Å². The smallest absolute Gasteiger partial charge is 0.261 e. The highest BCUT2D eigenvalue weighted by molar-refractivity contribution is 7.92. The van der Waals surface area contributed by atoms with Crippen LogP contribution in [0.15, 0.2) is 65.6 Å². The molecule has 0 atom stereocenters. The van der Waals surface area contributed by atoms with Crippen molar-refractivity contribution in [1.82, 2.24) is 0 Å². The van der Waals surface area contributed by atoms with Crippen LogP contribution in [0.2, 0.25) is 0 Å². The Hall–Kier alpha value is -3.56. The molecule has 1 aliphatic rings. The Morgan fingerprint density at radius 3 is 2.31 bits per heavy atom. The summed E-state index contributed by atoms with van der Waals surface area (Å²) in [6, 6.07) is 17.0. The van der Waals surface area contributed by atoms with Gasteiger partial charge in [0.05, 0.1) is 25.2 Å². The zero-order chi connectivity index (χ0) is 25.0. The maximum absolute atomic E-state index is 13.1. The third-order valence-corrected chi connectivity index (χ3v) is 7.32. The first-order valence-corrected chi connectivity index (χ1v) is 12.8. The third kappa shape index (κ3) is 5.75. The number of methoxy groups -OCH3 is 1. The summed E-state index contributed by atoms with van der Waals surface area (Å²) in [5, 5.41) is 2.93. The third-order valence-electron chi connectivity index (χ3n) is 5.94. The molecule has 1 heterocycles. The molecule has 2 N–H and O–H groups in total. The molecule has 0 spiro atoms. The fourth-order valence-corrected chi connectivity index (χ4v) is 4.97. The number of rotatable bonds is 7. The van der Waals surface area contributed by atoms with Crippen LogP contribution in [0.4, 0.5) is 17.1 Å². The molecule has 3 aromatic rings. The summed E-state index contributed by atoms with van der Waals surface area (Å²) in [6.45, 7) is 6.77. The van der Waals surface area contributed by atoms with E-state index in [0.717, 1.165) is 24.3 Å². The lowest BCUT2D eigenvalue weighted by Crippen LogP contribution is -2.36. The van der Waals surface area contributed by atoms with Gasteiger partial charge in [-0.25, -0.2) is 8.42 Å². The highest BCUT2D eigenvalue weighted by Gasteiger charge is 2.19. The van der Waals surface area contributed by atoms with Gasteiger partial charge in [0.15, 0.2) is 0 Å². The van der Waals surface area contributed by atoms with Crippen LogP contribution < -0.4 is 19.7 Å². The van der Waals surface area contributed by atoms with Crippen LogP contribution in [-0.2, 0) is 14.8 Å². The molecule has 9 heteroatoms. The molecular weight excluding hydrogens is 466 g/mol. The zero-order valence-electron chi connectivity index (χ0n) is 20.0. The maximum Gasteiger partial charge on any atom is 0.261 e. The topological polar surface area (TPSA) is 97.0 Å². The monoisotopic (exact) mass is 495 g/mol. The average Bonchev–Trinajstić information content (AvgIpc) is 2.86. The molecule has 184 valence electrons. The van der Waals surface area contributed by atoms with E-state index in [1.54, 1.807) is 37.3 Å². The summed E-state index contributed by atoms with van der Waals surface area (Å²) in [5.41, 5.74) is 4.04. The highest BCUT2D eigenvalue weighted by atomic mass is 32.2. The Bertz CT molecular complexity index is 1320. The standard InChI is InChI=1S/C26H29N3O5S/c1-18-4-10-23(35(31,32)28-20-5-8-22(33-3)9-6-20)17-24(18)26(30)27-25-11-7-21(16-19(25)2)29-12-14-34-15-13-29/h4-11,16-17,28H,12-15H2,1-3H3,(H,27,30). The molecule has 1 aliphatic heterocycles. The number of sulfonamides is 1. The molecule has 8 nitrogen and oxygen atoms in total. The molecule has 35 heavy (non-hydrogen) atoms. The molecule has 1 amide bonds. The first-order valence-electron chi connectivity index (χ1n) is 11.3. The van der Waals surface area contributed by atoms with Crippen LogP contribution in [0.5, 0.6) is 5.75 Å². The van der Waals surface area contributed by atoms with E-state index in [4.69, 9.17) is 9.47 Å². The van der Waals surface area contributed by atoms with Crippen LogP contribution in [0.1, 0.15) is 21.5 Å². The van der Waals surface area contributed by atoms with E-state index in [9.17, 15) is 13.2 Å². The van der Waals surface area contributed by atoms with Crippen molar-refractivity contribution in [3.05, 3.63) is 77.4 Å². The first-order chi connectivity index (χ1) is 16.8. The van der Waals surface area contributed by atoms with Crippen LogP contribution in [0.3, 0.4) is 0 Å². The van der Waals surface area contributed by atoms with Crippen LogP contribution in [0, 0.1) is 13.8 Å². The van der Waals surface area contributed by atoms with Gasteiger partial charge in [-0.05, 0) is 79.6 Å². The average molecular weight is 496 g/mol. The Morgan fingerprint density at radius 1 is 0.943 bits per heavy atom. The molecule has 1 saturated heterocycles. The second-order valence-electron chi connectivity index (χ2n) is 8.36. The second kappa shape index (κ2) is 10.4. The van der Waals surface area contributed by atoms with Crippen molar-refractivity contribution in [2.75, 3.05) is 48.4 Å². The molecule has 1 fully saturated rings. The predicted molar refractivity (Wildman–Crippen MR) is 137 cm³/mol. The van der Waals surface area contributed by atoms with Gasteiger partial charge in [0.1, 0.15) is 5.75 Å². The number of nitrogens with one attached hydrogen (secondary N) is 2. The quantitative estimate of drug-likeness (QED) is 0.510. The second-order valence-corrected chi connectivity index (χ2v) is 10.0. The lowest BCUT2D eigenvalue weighted by atomic mass is 10.1. The summed E-state index contributed by atoms with van der Waals surface area (Å²) in [4.78, 5) is 15.4. The van der Waals surface area contributed by atoms with Crippen molar-refractivity contribution in [3.8, 4) is 5.75 Å². The Balaban J connectivity index is 1.52. The van der Waals surface area contributed by atoms with E-state index >= 15 is 0 Å². The number of hydrogen-bond acceptors (Lipinski definition) is 6. The van der Waals surface area contributed by atoms with Crippen LogP contribution in [-0.4, -0.2) is 47.7 Å². The van der Waals surface area contributed by atoms with Crippen molar-refractivity contribution in [3.63, 3.8) is 0 Å². The van der Waals surface area contributed by atoms with E-state index < -0.39 is 10.0 Å². The summed E-state index contributed by atoms with van der Waals surface area (Å²) in [6.07, 6.45) is 0. The van der Waals surface area contributed by atoms with Gasteiger partial charge >= 0.3 is 0 Å². The SMILES string of the molecule is COc1ccc(NS(=O)(=O)c2ccc(C)c(C(=O)Nc3ccc(N4CCOCC4)cc3C)c2)cc1. The highest BCUT2D eigenvalue weighted by Crippen LogP contribution is 2.26. The van der Waals surface area contributed by atoms with Gasteiger partial charge in [0.25, 0.3) is 15.9 Å². The number of morpholine rings is 1. The zero-order valence-corrected chi connectivity index (χ0v) is 20.8. The normalized spacial score (nSPS) is 13.9. The number of carbonyl (C=O) groups excluding carboxylic acids is 1. The largest absolute Gasteiger partial charge is 0.497 e. The molecule has 0 saturated carbocycles.